The van der Waals surface area contributed by atoms with Crippen molar-refractivity contribution in [3.05, 3.63) is 59.5 Å². The van der Waals surface area contributed by atoms with Crippen molar-refractivity contribution in [1.29, 1.82) is 0 Å². The van der Waals surface area contributed by atoms with Crippen LogP contribution in [-0.2, 0) is 0 Å². The van der Waals surface area contributed by atoms with E-state index in [4.69, 9.17) is 4.42 Å². The molecule has 116 valence electrons. The summed E-state index contributed by atoms with van der Waals surface area (Å²) < 4.78 is 5.69. The zero-order chi connectivity index (χ0) is 16.0. The number of para-hydroxylation sites is 1. The normalized spacial score (nSPS) is 17.0. The topological polar surface area (TPSA) is 74.2 Å². The monoisotopic (exact) mass is 308 g/mol. The van der Waals surface area contributed by atoms with Gasteiger partial charge in [0.25, 0.3) is 5.91 Å². The van der Waals surface area contributed by atoms with E-state index in [9.17, 15) is 4.79 Å². The first-order chi connectivity index (χ1) is 11.1. The lowest BCUT2D eigenvalue weighted by Gasteiger charge is -2.36. The van der Waals surface area contributed by atoms with E-state index >= 15 is 0 Å². The summed E-state index contributed by atoms with van der Waals surface area (Å²) in [5, 5.41) is 10.1. The summed E-state index contributed by atoms with van der Waals surface area (Å²) >= 11 is 0. The van der Waals surface area contributed by atoms with E-state index < -0.39 is 0 Å². The maximum Gasteiger partial charge on any atom is 0.255 e. The van der Waals surface area contributed by atoms with E-state index in [-0.39, 0.29) is 12.1 Å². The number of amides is 1. The van der Waals surface area contributed by atoms with Gasteiger partial charge in [-0.1, -0.05) is 12.1 Å². The Bertz CT molecular complexity index is 880. The molecule has 0 bridgehead atoms. The summed E-state index contributed by atoms with van der Waals surface area (Å²) in [5.74, 6) is 1.44. The zero-order valence-electron chi connectivity index (χ0n) is 12.8. The van der Waals surface area contributed by atoms with Gasteiger partial charge < -0.3 is 14.6 Å². The first-order valence-electron chi connectivity index (χ1n) is 7.38. The van der Waals surface area contributed by atoms with Gasteiger partial charge in [0.1, 0.15) is 17.6 Å². The zero-order valence-corrected chi connectivity index (χ0v) is 12.8. The first-order valence-corrected chi connectivity index (χ1v) is 7.38. The average Bonchev–Trinajstić information content (AvgIpc) is 3.19. The lowest BCUT2D eigenvalue weighted by atomic mass is 10.0. The molecule has 6 nitrogen and oxygen atoms in total. The largest absolute Gasteiger partial charge is 0.460 e. The third kappa shape index (κ3) is 2.11. The van der Waals surface area contributed by atoms with Gasteiger partial charge in [0, 0.05) is 12.6 Å². The summed E-state index contributed by atoms with van der Waals surface area (Å²) in [6.07, 6.45) is 1.42. The van der Waals surface area contributed by atoms with Crippen LogP contribution < -0.4 is 10.2 Å². The number of nitrogens with zero attached hydrogens (tertiary/aromatic N) is 2. The molecule has 0 aliphatic carbocycles. The summed E-state index contributed by atoms with van der Waals surface area (Å²) in [4.78, 5) is 14.4. The van der Waals surface area contributed by atoms with Gasteiger partial charge in [0.2, 0.25) is 0 Å². The maximum absolute atomic E-state index is 12.4. The number of fused-ring (bicyclic) bond motifs is 1. The number of benzene rings is 1. The molecule has 1 atom stereocenters. The van der Waals surface area contributed by atoms with Crippen molar-refractivity contribution in [3.8, 4) is 11.5 Å². The van der Waals surface area contributed by atoms with E-state index in [1.54, 1.807) is 6.20 Å². The van der Waals surface area contributed by atoms with Crippen LogP contribution in [0, 0.1) is 6.92 Å². The smallest absolute Gasteiger partial charge is 0.255 e. The van der Waals surface area contributed by atoms with Crippen molar-refractivity contribution in [2.75, 3.05) is 11.9 Å². The molecule has 3 heterocycles. The molecule has 1 aliphatic rings. The van der Waals surface area contributed by atoms with Gasteiger partial charge in [-0.15, -0.1) is 0 Å². The van der Waals surface area contributed by atoms with Crippen LogP contribution in [0.2, 0.25) is 0 Å². The van der Waals surface area contributed by atoms with Gasteiger partial charge in [0.15, 0.2) is 5.76 Å². The minimum Gasteiger partial charge on any atom is -0.460 e. The lowest BCUT2D eigenvalue weighted by Crippen LogP contribution is -2.44. The molecule has 0 saturated carbocycles. The van der Waals surface area contributed by atoms with E-state index in [0.717, 1.165) is 22.7 Å². The lowest BCUT2D eigenvalue weighted by molar-refractivity contribution is 0.0928. The average molecular weight is 308 g/mol. The second-order valence-corrected chi connectivity index (χ2v) is 5.61. The number of anilines is 1. The summed E-state index contributed by atoms with van der Waals surface area (Å²) in [6.45, 7) is 1.89. The number of H-pyrrole nitrogens is 1. The Morgan fingerprint density at radius 3 is 2.83 bits per heavy atom. The number of hydrogen-bond donors (Lipinski definition) is 2. The molecule has 2 aromatic heterocycles. The van der Waals surface area contributed by atoms with Crippen molar-refractivity contribution in [2.45, 2.75) is 13.1 Å². The second-order valence-electron chi connectivity index (χ2n) is 5.61. The summed E-state index contributed by atoms with van der Waals surface area (Å²) in [6, 6.07) is 11.4. The Morgan fingerprint density at radius 1 is 1.22 bits per heavy atom. The number of furan rings is 1. The van der Waals surface area contributed by atoms with E-state index in [0.29, 0.717) is 11.3 Å². The van der Waals surface area contributed by atoms with Crippen molar-refractivity contribution in [1.82, 2.24) is 15.5 Å². The molecule has 1 aliphatic heterocycles. The highest BCUT2D eigenvalue weighted by Gasteiger charge is 2.32. The fraction of sp³-hybridized carbons (Fsp3) is 0.176. The van der Waals surface area contributed by atoms with Crippen LogP contribution in [0.25, 0.3) is 11.5 Å². The van der Waals surface area contributed by atoms with Gasteiger partial charge in [-0.2, -0.15) is 5.10 Å². The molecule has 1 amide bonds. The van der Waals surface area contributed by atoms with Crippen LogP contribution in [0.1, 0.15) is 27.8 Å². The molecule has 6 heteroatoms. The van der Waals surface area contributed by atoms with Crippen molar-refractivity contribution in [2.24, 2.45) is 0 Å². The van der Waals surface area contributed by atoms with Crippen molar-refractivity contribution in [3.63, 3.8) is 0 Å². The van der Waals surface area contributed by atoms with E-state index in [1.807, 2.05) is 55.3 Å². The Kier molecular flexibility index (Phi) is 2.97. The number of aromatic amines is 1. The number of carbonyl (C=O) groups excluding carboxylic acids is 1. The Balaban J connectivity index is 1.78. The number of aryl methyl sites for hydroxylation is 1. The molecule has 3 aromatic rings. The molecule has 0 spiro atoms. The van der Waals surface area contributed by atoms with E-state index in [2.05, 4.69) is 15.5 Å². The first kappa shape index (κ1) is 13.6. The van der Waals surface area contributed by atoms with Crippen LogP contribution in [-0.4, -0.2) is 23.2 Å². The summed E-state index contributed by atoms with van der Waals surface area (Å²) in [5.41, 5.74) is 3.20. The Morgan fingerprint density at radius 2 is 2.04 bits per heavy atom. The van der Waals surface area contributed by atoms with Crippen LogP contribution in [0.5, 0.6) is 0 Å². The molecule has 0 radical (unpaired) electrons. The number of rotatable bonds is 2. The highest BCUT2D eigenvalue weighted by Crippen LogP contribution is 2.35. The molecule has 0 unspecified atom stereocenters. The van der Waals surface area contributed by atoms with Gasteiger partial charge in [-0.05, 0) is 31.2 Å². The van der Waals surface area contributed by atoms with Gasteiger partial charge in [0.05, 0.1) is 17.4 Å². The highest BCUT2D eigenvalue weighted by molar-refractivity contribution is 6.02. The van der Waals surface area contributed by atoms with Crippen molar-refractivity contribution >= 4 is 11.6 Å². The molecule has 2 N–H and O–H groups in total. The number of nitrogens with one attached hydrogen (secondary N) is 2. The summed E-state index contributed by atoms with van der Waals surface area (Å²) in [7, 11) is 1.95. The second kappa shape index (κ2) is 5.01. The quantitative estimate of drug-likeness (QED) is 0.763. The minimum absolute atomic E-state index is 0.0912. The number of aromatic nitrogens is 2. The van der Waals surface area contributed by atoms with Crippen LogP contribution >= 0.6 is 0 Å². The van der Waals surface area contributed by atoms with Crippen LogP contribution in [0.15, 0.2) is 47.0 Å². The van der Waals surface area contributed by atoms with Crippen molar-refractivity contribution < 1.29 is 9.21 Å². The van der Waals surface area contributed by atoms with Gasteiger partial charge >= 0.3 is 0 Å². The minimum atomic E-state index is -0.309. The number of hydrogen-bond acceptors (Lipinski definition) is 4. The predicted molar refractivity (Wildman–Crippen MR) is 86.1 cm³/mol. The maximum atomic E-state index is 12.4. The standard InChI is InChI=1S/C17H16N4O2/c1-10-7-8-14(23-10)15-12(9-18-20-15)16-19-17(22)11-5-3-4-6-13(11)21(16)2/h3-9,16H,1-2H3,(H,18,20)(H,19,22)/t16-/m0/s1. The Hall–Kier alpha value is -3.02. The highest BCUT2D eigenvalue weighted by atomic mass is 16.3. The third-order valence-electron chi connectivity index (χ3n) is 4.13. The van der Waals surface area contributed by atoms with Gasteiger partial charge in [-0.3, -0.25) is 9.89 Å². The fourth-order valence-corrected chi connectivity index (χ4v) is 2.97. The van der Waals surface area contributed by atoms with Crippen LogP contribution in [0.4, 0.5) is 5.69 Å². The molecular weight excluding hydrogens is 292 g/mol. The molecule has 1 aromatic carbocycles. The molecular formula is C17H16N4O2. The van der Waals surface area contributed by atoms with Crippen LogP contribution in [0.3, 0.4) is 0 Å². The molecule has 23 heavy (non-hydrogen) atoms. The SMILES string of the molecule is Cc1ccc(-c2[nH]ncc2[C@H]2NC(=O)c3ccccc3N2C)o1. The third-order valence-corrected chi connectivity index (χ3v) is 4.13. The number of carbonyl (C=O) groups is 1. The fourth-order valence-electron chi connectivity index (χ4n) is 2.97. The predicted octanol–water partition coefficient (Wildman–Crippen LogP) is 2.86. The molecule has 4 rings (SSSR count). The molecule has 0 fully saturated rings. The Labute approximate surface area is 133 Å². The van der Waals surface area contributed by atoms with Gasteiger partial charge in [-0.25, -0.2) is 0 Å². The van der Waals surface area contributed by atoms with E-state index in [1.165, 1.54) is 0 Å². The molecule has 0 saturated heterocycles.